The zero-order valence-corrected chi connectivity index (χ0v) is 17.7. The summed E-state index contributed by atoms with van der Waals surface area (Å²) in [5.74, 6) is -0.0218. The lowest BCUT2D eigenvalue weighted by Gasteiger charge is -2.27. The fourth-order valence-corrected chi connectivity index (χ4v) is 4.47. The van der Waals surface area contributed by atoms with Gasteiger partial charge in [-0.15, -0.1) is 0 Å². The average molecular weight is 425 g/mol. The molecule has 1 N–H and O–H groups in total. The largest absolute Gasteiger partial charge is 0.349 e. The lowest BCUT2D eigenvalue weighted by Crippen LogP contribution is -2.32. The summed E-state index contributed by atoms with van der Waals surface area (Å²) in [4.78, 5) is 24.8. The molecule has 0 bridgehead atoms. The van der Waals surface area contributed by atoms with Gasteiger partial charge in [0.05, 0.1) is 23.1 Å². The van der Waals surface area contributed by atoms with Crippen molar-refractivity contribution in [1.29, 1.82) is 0 Å². The summed E-state index contributed by atoms with van der Waals surface area (Å²) in [7, 11) is 0. The molecule has 3 aromatic heterocycles. The van der Waals surface area contributed by atoms with Crippen molar-refractivity contribution in [1.82, 2.24) is 29.8 Å². The summed E-state index contributed by atoms with van der Waals surface area (Å²) in [6.07, 6.45) is 8.41. The van der Waals surface area contributed by atoms with Crippen molar-refractivity contribution in [3.8, 4) is 11.3 Å². The molecule has 1 aliphatic heterocycles. The number of hydrogen-bond donors (Lipinski definition) is 1. The molecular weight excluding hydrogens is 400 g/mol. The van der Waals surface area contributed by atoms with Gasteiger partial charge in [0.25, 0.3) is 5.91 Å². The van der Waals surface area contributed by atoms with Crippen LogP contribution in [0.25, 0.3) is 16.9 Å². The third-order valence-corrected chi connectivity index (χ3v) is 6.24. The van der Waals surface area contributed by atoms with Crippen LogP contribution >= 0.6 is 0 Å². The van der Waals surface area contributed by atoms with Crippen LogP contribution in [0.3, 0.4) is 0 Å². The maximum Gasteiger partial charge on any atom is 0.255 e. The van der Waals surface area contributed by atoms with Gasteiger partial charge in [-0.3, -0.25) is 14.7 Å². The van der Waals surface area contributed by atoms with Gasteiger partial charge in [-0.2, -0.15) is 5.10 Å². The van der Waals surface area contributed by atoms with Gasteiger partial charge < -0.3 is 5.32 Å². The first-order valence-corrected chi connectivity index (χ1v) is 11.1. The normalized spacial score (nSPS) is 16.1. The number of aromatic nitrogens is 4. The summed E-state index contributed by atoms with van der Waals surface area (Å²) in [5.41, 5.74) is 6.44. The molecule has 7 nitrogen and oxygen atoms in total. The quantitative estimate of drug-likeness (QED) is 0.532. The van der Waals surface area contributed by atoms with Gasteiger partial charge in [0, 0.05) is 43.6 Å². The van der Waals surface area contributed by atoms with E-state index in [1.54, 1.807) is 12.4 Å². The minimum atomic E-state index is -0.0218. The molecule has 1 saturated carbocycles. The van der Waals surface area contributed by atoms with E-state index in [2.05, 4.69) is 21.3 Å². The SMILES string of the molecule is O=C(NC1CC1)c1c2c(n3ncc(-c4ccccc4)nc13)CN(Cc1cccnc1)CC2. The van der Waals surface area contributed by atoms with E-state index in [0.717, 1.165) is 61.4 Å². The van der Waals surface area contributed by atoms with Gasteiger partial charge in [-0.05, 0) is 36.5 Å². The topological polar surface area (TPSA) is 75.4 Å². The first-order valence-electron chi connectivity index (χ1n) is 11.1. The summed E-state index contributed by atoms with van der Waals surface area (Å²) >= 11 is 0. The van der Waals surface area contributed by atoms with E-state index in [0.29, 0.717) is 17.3 Å². The van der Waals surface area contributed by atoms with Crippen molar-refractivity contribution >= 4 is 11.6 Å². The van der Waals surface area contributed by atoms with Crippen LogP contribution in [0, 0.1) is 0 Å². The zero-order chi connectivity index (χ0) is 21.5. The van der Waals surface area contributed by atoms with Gasteiger partial charge in [0.2, 0.25) is 0 Å². The van der Waals surface area contributed by atoms with E-state index in [9.17, 15) is 4.79 Å². The van der Waals surface area contributed by atoms with Crippen molar-refractivity contribution in [3.63, 3.8) is 0 Å². The smallest absolute Gasteiger partial charge is 0.255 e. The molecule has 0 radical (unpaired) electrons. The zero-order valence-electron chi connectivity index (χ0n) is 17.7. The average Bonchev–Trinajstić information content (AvgIpc) is 3.59. The Balaban J connectivity index is 1.42. The minimum Gasteiger partial charge on any atom is -0.349 e. The highest BCUT2D eigenvalue weighted by molar-refractivity contribution is 6.02. The second-order valence-corrected chi connectivity index (χ2v) is 8.61. The van der Waals surface area contributed by atoms with Crippen molar-refractivity contribution in [2.75, 3.05) is 6.54 Å². The van der Waals surface area contributed by atoms with Crippen LogP contribution < -0.4 is 5.32 Å². The molecule has 1 fully saturated rings. The Bertz CT molecular complexity index is 1280. The maximum atomic E-state index is 13.2. The number of nitrogens with one attached hydrogen (secondary N) is 1. The van der Waals surface area contributed by atoms with Crippen LogP contribution in [-0.2, 0) is 19.5 Å². The molecule has 0 saturated heterocycles. The lowest BCUT2D eigenvalue weighted by molar-refractivity contribution is 0.0951. The Hall–Kier alpha value is -3.58. The number of rotatable bonds is 5. The Morgan fingerprint density at radius 1 is 1.09 bits per heavy atom. The van der Waals surface area contributed by atoms with Crippen molar-refractivity contribution in [2.24, 2.45) is 0 Å². The van der Waals surface area contributed by atoms with Gasteiger partial charge in [0.1, 0.15) is 0 Å². The highest BCUT2D eigenvalue weighted by Crippen LogP contribution is 2.30. The van der Waals surface area contributed by atoms with Crippen LogP contribution in [0.2, 0.25) is 0 Å². The van der Waals surface area contributed by atoms with Crippen LogP contribution in [0.1, 0.15) is 40.0 Å². The van der Waals surface area contributed by atoms with E-state index < -0.39 is 0 Å². The number of nitrogens with zero attached hydrogens (tertiary/aromatic N) is 5. The van der Waals surface area contributed by atoms with Gasteiger partial charge >= 0.3 is 0 Å². The molecule has 1 amide bonds. The molecule has 32 heavy (non-hydrogen) atoms. The molecule has 0 unspecified atom stereocenters. The van der Waals surface area contributed by atoms with E-state index in [4.69, 9.17) is 10.1 Å². The second-order valence-electron chi connectivity index (χ2n) is 8.61. The van der Waals surface area contributed by atoms with Crippen molar-refractivity contribution < 1.29 is 4.79 Å². The molecule has 2 aliphatic rings. The third kappa shape index (κ3) is 3.54. The summed E-state index contributed by atoms with van der Waals surface area (Å²) in [5, 5.41) is 7.91. The number of amides is 1. The van der Waals surface area contributed by atoms with Crippen LogP contribution in [-0.4, -0.2) is 43.0 Å². The Labute approximate surface area is 186 Å². The molecule has 0 spiro atoms. The van der Waals surface area contributed by atoms with E-state index in [1.807, 2.05) is 47.1 Å². The van der Waals surface area contributed by atoms with Gasteiger partial charge in [-0.25, -0.2) is 9.50 Å². The first kappa shape index (κ1) is 19.1. The van der Waals surface area contributed by atoms with Crippen LogP contribution in [0.4, 0.5) is 0 Å². The monoisotopic (exact) mass is 424 g/mol. The Morgan fingerprint density at radius 3 is 2.75 bits per heavy atom. The standard InChI is InChI=1S/C25H24N6O/c32-25(28-19-8-9-19)23-20-10-12-30(15-17-5-4-11-26-13-17)16-22(20)31-24(23)29-21(14-27-31)18-6-2-1-3-7-18/h1-7,11,13-14,19H,8-10,12,15-16H2,(H,28,32). The molecule has 4 heterocycles. The number of carbonyl (C=O) groups is 1. The Kier molecular flexibility index (Phi) is 4.69. The first-order chi connectivity index (χ1) is 15.8. The minimum absolute atomic E-state index is 0.0218. The lowest BCUT2D eigenvalue weighted by atomic mass is 10.0. The van der Waals surface area contributed by atoms with E-state index in [1.165, 1.54) is 5.56 Å². The molecule has 0 atom stereocenters. The number of hydrogen-bond acceptors (Lipinski definition) is 5. The highest BCUT2D eigenvalue weighted by Gasteiger charge is 2.32. The molecule has 1 aliphatic carbocycles. The number of pyridine rings is 1. The molecule has 6 rings (SSSR count). The fourth-order valence-electron chi connectivity index (χ4n) is 4.47. The molecule has 1 aromatic carbocycles. The fraction of sp³-hybridized carbons (Fsp3) is 0.280. The number of benzene rings is 1. The summed E-state index contributed by atoms with van der Waals surface area (Å²) in [6, 6.07) is 14.3. The third-order valence-electron chi connectivity index (χ3n) is 6.24. The van der Waals surface area contributed by atoms with E-state index >= 15 is 0 Å². The van der Waals surface area contributed by atoms with Crippen LogP contribution in [0.5, 0.6) is 0 Å². The number of fused-ring (bicyclic) bond motifs is 3. The van der Waals surface area contributed by atoms with Gasteiger partial charge in [-0.1, -0.05) is 36.4 Å². The van der Waals surface area contributed by atoms with Crippen molar-refractivity contribution in [2.45, 2.75) is 38.4 Å². The Morgan fingerprint density at radius 2 is 1.97 bits per heavy atom. The molecular formula is C25H24N6O. The van der Waals surface area contributed by atoms with E-state index in [-0.39, 0.29) is 5.91 Å². The molecule has 160 valence electrons. The van der Waals surface area contributed by atoms with Crippen LogP contribution in [0.15, 0.2) is 61.1 Å². The van der Waals surface area contributed by atoms with Gasteiger partial charge in [0.15, 0.2) is 5.65 Å². The molecule has 4 aromatic rings. The maximum absolute atomic E-state index is 13.2. The number of carbonyl (C=O) groups excluding carboxylic acids is 1. The molecule has 7 heteroatoms. The second kappa shape index (κ2) is 7.84. The predicted octanol–water partition coefficient (Wildman–Crippen LogP) is 3.24. The predicted molar refractivity (Wildman–Crippen MR) is 121 cm³/mol. The summed E-state index contributed by atoms with van der Waals surface area (Å²) < 4.78 is 1.87. The van der Waals surface area contributed by atoms with Crippen molar-refractivity contribution in [3.05, 3.63) is 83.4 Å². The summed E-state index contributed by atoms with van der Waals surface area (Å²) in [6.45, 7) is 2.43. The highest BCUT2D eigenvalue weighted by atomic mass is 16.1.